The van der Waals surface area contributed by atoms with Gasteiger partial charge >= 0.3 is 6.09 Å². The third-order valence-electron chi connectivity index (χ3n) is 3.32. The van der Waals surface area contributed by atoms with Gasteiger partial charge in [0.05, 0.1) is 18.9 Å². The molecule has 2 aromatic carbocycles. The summed E-state index contributed by atoms with van der Waals surface area (Å²) in [5, 5.41) is 2.68. The van der Waals surface area contributed by atoms with Gasteiger partial charge in [0.2, 0.25) is 0 Å². The van der Waals surface area contributed by atoms with Gasteiger partial charge in [-0.25, -0.2) is 4.79 Å². The number of benzene rings is 2. The van der Waals surface area contributed by atoms with E-state index in [0.29, 0.717) is 35.3 Å². The molecule has 5 nitrogen and oxygen atoms in total. The second-order valence-electron chi connectivity index (χ2n) is 5.05. The van der Waals surface area contributed by atoms with E-state index in [9.17, 15) is 4.79 Å². The van der Waals surface area contributed by atoms with Crippen molar-refractivity contribution in [1.29, 1.82) is 0 Å². The Hall–Kier alpha value is -2.34. The highest BCUT2D eigenvalue weighted by molar-refractivity contribution is 7.80. The van der Waals surface area contributed by atoms with Crippen LogP contribution in [0, 0.1) is 0 Å². The van der Waals surface area contributed by atoms with Crippen LogP contribution < -0.4 is 14.8 Å². The number of carbonyl (C=O) groups excluding carboxylic acids is 1. The van der Waals surface area contributed by atoms with Crippen LogP contribution in [-0.2, 0) is 11.3 Å². The maximum Gasteiger partial charge on any atom is 0.411 e. The van der Waals surface area contributed by atoms with Gasteiger partial charge in [0.25, 0.3) is 0 Å². The number of hydrogen-bond donors (Lipinski definition) is 2. The fourth-order valence-corrected chi connectivity index (χ4v) is 2.40. The molecule has 2 aromatic rings. The van der Waals surface area contributed by atoms with Crippen molar-refractivity contribution in [1.82, 2.24) is 0 Å². The van der Waals surface area contributed by atoms with Gasteiger partial charge in [-0.05, 0) is 11.6 Å². The maximum atomic E-state index is 11.9. The van der Waals surface area contributed by atoms with Crippen LogP contribution in [0.15, 0.2) is 47.4 Å². The monoisotopic (exact) mass is 331 g/mol. The van der Waals surface area contributed by atoms with Crippen molar-refractivity contribution in [3.05, 3.63) is 48.0 Å². The number of ether oxygens (including phenoxy) is 3. The molecule has 1 heterocycles. The van der Waals surface area contributed by atoms with Gasteiger partial charge in [0, 0.05) is 17.4 Å². The summed E-state index contributed by atoms with van der Waals surface area (Å²) in [5.41, 5.74) is 1.45. The lowest BCUT2D eigenvalue weighted by Crippen LogP contribution is -2.14. The Morgan fingerprint density at radius 3 is 2.57 bits per heavy atom. The van der Waals surface area contributed by atoms with Crippen molar-refractivity contribution < 1.29 is 19.0 Å². The number of carbonyl (C=O) groups is 1. The van der Waals surface area contributed by atoms with Gasteiger partial charge < -0.3 is 14.2 Å². The van der Waals surface area contributed by atoms with E-state index in [2.05, 4.69) is 17.9 Å². The summed E-state index contributed by atoms with van der Waals surface area (Å²) in [6.45, 7) is 1.39. The zero-order valence-corrected chi connectivity index (χ0v) is 13.3. The highest BCUT2D eigenvalue weighted by atomic mass is 32.1. The van der Waals surface area contributed by atoms with Crippen LogP contribution in [0.3, 0.4) is 0 Å². The van der Waals surface area contributed by atoms with Crippen LogP contribution in [0.4, 0.5) is 10.5 Å². The van der Waals surface area contributed by atoms with Gasteiger partial charge in [-0.15, -0.1) is 12.6 Å². The maximum absolute atomic E-state index is 11.9. The fraction of sp³-hybridized carbons (Fsp3) is 0.235. The van der Waals surface area contributed by atoms with Gasteiger partial charge in [0.1, 0.15) is 6.61 Å². The van der Waals surface area contributed by atoms with E-state index in [1.807, 2.05) is 30.3 Å². The molecule has 0 unspecified atom stereocenters. The smallest absolute Gasteiger partial charge is 0.411 e. The molecule has 0 fully saturated rings. The van der Waals surface area contributed by atoms with E-state index in [-0.39, 0.29) is 6.61 Å². The number of amides is 1. The molecular weight excluding hydrogens is 314 g/mol. The fourth-order valence-electron chi connectivity index (χ4n) is 2.17. The molecule has 6 heteroatoms. The first-order valence-electron chi connectivity index (χ1n) is 7.33. The number of thiol groups is 1. The van der Waals surface area contributed by atoms with E-state index >= 15 is 0 Å². The molecule has 3 rings (SSSR count). The van der Waals surface area contributed by atoms with Gasteiger partial charge in [0.15, 0.2) is 11.5 Å². The number of fused-ring (bicyclic) bond motifs is 1. The summed E-state index contributed by atoms with van der Waals surface area (Å²) >= 11 is 4.37. The first kappa shape index (κ1) is 15.6. The molecule has 1 aliphatic heterocycles. The lowest BCUT2D eigenvalue weighted by atomic mass is 10.2. The van der Waals surface area contributed by atoms with E-state index in [1.54, 1.807) is 12.1 Å². The highest BCUT2D eigenvalue weighted by Crippen LogP contribution is 2.36. The number of rotatable bonds is 3. The lowest BCUT2D eigenvalue weighted by Gasteiger charge is -2.13. The van der Waals surface area contributed by atoms with Crippen molar-refractivity contribution in [3.63, 3.8) is 0 Å². The minimum absolute atomic E-state index is 0.207. The van der Waals surface area contributed by atoms with Crippen molar-refractivity contribution in [3.8, 4) is 11.5 Å². The third kappa shape index (κ3) is 4.10. The molecule has 1 amide bonds. The highest BCUT2D eigenvalue weighted by Gasteiger charge is 2.15. The predicted molar refractivity (Wildman–Crippen MR) is 89.6 cm³/mol. The van der Waals surface area contributed by atoms with Crippen molar-refractivity contribution in [2.75, 3.05) is 18.5 Å². The summed E-state index contributed by atoms with van der Waals surface area (Å²) in [4.78, 5) is 12.5. The SMILES string of the molecule is O=C(Nc1cc2c(cc1S)OCCCO2)OCc1ccccc1. The zero-order chi connectivity index (χ0) is 16.1. The molecule has 0 spiro atoms. The minimum atomic E-state index is -0.543. The van der Waals surface area contributed by atoms with Gasteiger partial charge in [-0.3, -0.25) is 5.32 Å². The standard InChI is InChI=1S/C17H17NO4S/c19-17(22-11-12-5-2-1-3-6-12)18-13-9-14-15(10-16(13)23)21-8-4-7-20-14/h1-3,5-6,9-10,23H,4,7-8,11H2,(H,18,19). The van der Waals surface area contributed by atoms with Crippen LogP contribution in [-0.4, -0.2) is 19.3 Å². The number of anilines is 1. The van der Waals surface area contributed by atoms with Gasteiger partial charge in [-0.2, -0.15) is 0 Å². The Morgan fingerprint density at radius 1 is 1.13 bits per heavy atom. The third-order valence-corrected chi connectivity index (χ3v) is 3.69. The first-order valence-corrected chi connectivity index (χ1v) is 7.77. The van der Waals surface area contributed by atoms with Crippen LogP contribution >= 0.6 is 12.6 Å². The average Bonchev–Trinajstić information content (AvgIpc) is 2.79. The molecule has 0 saturated carbocycles. The normalized spacial score (nSPS) is 13.1. The van der Waals surface area contributed by atoms with Crippen LogP contribution in [0.5, 0.6) is 11.5 Å². The zero-order valence-electron chi connectivity index (χ0n) is 12.5. The molecule has 120 valence electrons. The van der Waals surface area contributed by atoms with Gasteiger partial charge in [-0.1, -0.05) is 30.3 Å². The Morgan fingerprint density at radius 2 is 1.83 bits per heavy atom. The van der Waals surface area contributed by atoms with E-state index in [0.717, 1.165) is 12.0 Å². The Labute approximate surface area is 140 Å². The van der Waals surface area contributed by atoms with E-state index in [4.69, 9.17) is 14.2 Å². The number of hydrogen-bond acceptors (Lipinski definition) is 5. The molecule has 0 aromatic heterocycles. The van der Waals surface area contributed by atoms with Crippen LogP contribution in [0.2, 0.25) is 0 Å². The molecule has 0 atom stereocenters. The first-order chi connectivity index (χ1) is 11.2. The summed E-state index contributed by atoms with van der Waals surface area (Å²) in [6, 6.07) is 12.9. The largest absolute Gasteiger partial charge is 0.490 e. The molecule has 1 aliphatic rings. The van der Waals surface area contributed by atoms with Crippen molar-refractivity contribution >= 4 is 24.4 Å². The predicted octanol–water partition coefficient (Wildman–Crippen LogP) is 3.89. The lowest BCUT2D eigenvalue weighted by molar-refractivity contribution is 0.155. The summed E-state index contributed by atoms with van der Waals surface area (Å²) in [5.74, 6) is 1.23. The summed E-state index contributed by atoms with van der Waals surface area (Å²) in [7, 11) is 0. The Bertz CT molecular complexity index is 690. The Kier molecular flexibility index (Phi) is 4.92. The quantitative estimate of drug-likeness (QED) is 0.838. The second kappa shape index (κ2) is 7.28. The molecule has 1 N–H and O–H groups in total. The second-order valence-corrected chi connectivity index (χ2v) is 5.54. The van der Waals surface area contributed by atoms with Crippen LogP contribution in [0.1, 0.15) is 12.0 Å². The summed E-state index contributed by atoms with van der Waals surface area (Å²) in [6.07, 6.45) is 0.275. The molecule has 0 bridgehead atoms. The molecule has 0 saturated heterocycles. The molecular formula is C17H17NO4S. The molecule has 23 heavy (non-hydrogen) atoms. The topological polar surface area (TPSA) is 56.8 Å². The Balaban J connectivity index is 1.65. The minimum Gasteiger partial charge on any atom is -0.490 e. The van der Waals surface area contributed by atoms with E-state index in [1.165, 1.54) is 0 Å². The summed E-state index contributed by atoms with van der Waals surface area (Å²) < 4.78 is 16.4. The molecule has 0 radical (unpaired) electrons. The average molecular weight is 331 g/mol. The molecule has 0 aliphatic carbocycles. The van der Waals surface area contributed by atoms with Crippen LogP contribution in [0.25, 0.3) is 0 Å². The van der Waals surface area contributed by atoms with Crippen molar-refractivity contribution in [2.24, 2.45) is 0 Å². The van der Waals surface area contributed by atoms with E-state index < -0.39 is 6.09 Å². The van der Waals surface area contributed by atoms with Crippen molar-refractivity contribution in [2.45, 2.75) is 17.9 Å². The number of nitrogens with one attached hydrogen (secondary N) is 1.